The predicted molar refractivity (Wildman–Crippen MR) is 63.2 cm³/mol. The molecule has 1 saturated heterocycles. The average molecular weight is 268 g/mol. The van der Waals surface area contributed by atoms with Gasteiger partial charge in [0.15, 0.2) is 5.82 Å². The lowest BCUT2D eigenvalue weighted by Crippen LogP contribution is -2.57. The SMILES string of the molecule is CC(C)c1nc(CN2CC(=O)NCC2C(=O)O)no1. The second-order valence-electron chi connectivity index (χ2n) is 4.77. The Morgan fingerprint density at radius 2 is 2.37 bits per heavy atom. The summed E-state index contributed by atoms with van der Waals surface area (Å²) in [6, 6.07) is -0.765. The van der Waals surface area contributed by atoms with E-state index in [-0.39, 0.29) is 31.5 Å². The van der Waals surface area contributed by atoms with Gasteiger partial charge < -0.3 is 14.9 Å². The highest BCUT2D eigenvalue weighted by Gasteiger charge is 2.32. The fourth-order valence-electron chi connectivity index (χ4n) is 1.85. The van der Waals surface area contributed by atoms with Crippen molar-refractivity contribution in [3.63, 3.8) is 0 Å². The summed E-state index contributed by atoms with van der Waals surface area (Å²) in [7, 11) is 0. The summed E-state index contributed by atoms with van der Waals surface area (Å²) in [5.41, 5.74) is 0. The Hall–Kier alpha value is -1.96. The molecule has 1 aromatic heterocycles. The lowest BCUT2D eigenvalue weighted by atomic mass is 10.2. The second kappa shape index (κ2) is 5.35. The molecule has 8 nitrogen and oxygen atoms in total. The Balaban J connectivity index is 2.09. The highest BCUT2D eigenvalue weighted by molar-refractivity contribution is 5.83. The van der Waals surface area contributed by atoms with E-state index >= 15 is 0 Å². The van der Waals surface area contributed by atoms with Crippen molar-refractivity contribution in [3.05, 3.63) is 11.7 Å². The van der Waals surface area contributed by atoms with E-state index in [2.05, 4.69) is 15.5 Å². The molecule has 2 rings (SSSR count). The molecule has 1 aromatic rings. The van der Waals surface area contributed by atoms with E-state index in [4.69, 9.17) is 9.63 Å². The Morgan fingerprint density at radius 3 is 2.95 bits per heavy atom. The molecule has 1 atom stereocenters. The minimum absolute atomic E-state index is 0.0164. The first-order valence-electron chi connectivity index (χ1n) is 6.03. The number of aromatic nitrogens is 2. The van der Waals surface area contributed by atoms with Crippen LogP contribution in [-0.2, 0) is 16.1 Å². The molecule has 19 heavy (non-hydrogen) atoms. The molecule has 0 aliphatic carbocycles. The monoisotopic (exact) mass is 268 g/mol. The molecule has 2 heterocycles. The van der Waals surface area contributed by atoms with Crippen molar-refractivity contribution >= 4 is 11.9 Å². The van der Waals surface area contributed by atoms with Gasteiger partial charge in [0.25, 0.3) is 0 Å². The third-order valence-corrected chi connectivity index (χ3v) is 2.89. The van der Waals surface area contributed by atoms with Crippen LogP contribution in [0.15, 0.2) is 4.52 Å². The van der Waals surface area contributed by atoms with Crippen molar-refractivity contribution in [2.75, 3.05) is 13.1 Å². The van der Waals surface area contributed by atoms with Crippen molar-refractivity contribution in [2.45, 2.75) is 32.4 Å². The molecule has 1 aliphatic rings. The molecule has 0 saturated carbocycles. The zero-order chi connectivity index (χ0) is 14.0. The quantitative estimate of drug-likeness (QED) is 0.763. The summed E-state index contributed by atoms with van der Waals surface area (Å²) in [5, 5.41) is 15.4. The van der Waals surface area contributed by atoms with Crippen LogP contribution >= 0.6 is 0 Å². The molecule has 0 aromatic carbocycles. The molecular formula is C11H16N4O4. The number of hydrogen-bond acceptors (Lipinski definition) is 6. The number of piperazine rings is 1. The van der Waals surface area contributed by atoms with Crippen LogP contribution in [0.4, 0.5) is 0 Å². The van der Waals surface area contributed by atoms with Gasteiger partial charge in [-0.2, -0.15) is 4.98 Å². The number of nitrogens with zero attached hydrogens (tertiary/aromatic N) is 3. The molecule has 104 valence electrons. The van der Waals surface area contributed by atoms with Gasteiger partial charge in [-0.05, 0) is 0 Å². The predicted octanol–water partition coefficient (Wildman–Crippen LogP) is -0.422. The van der Waals surface area contributed by atoms with Gasteiger partial charge in [-0.25, -0.2) is 0 Å². The van der Waals surface area contributed by atoms with Gasteiger partial charge in [-0.3, -0.25) is 14.5 Å². The van der Waals surface area contributed by atoms with E-state index in [0.717, 1.165) is 0 Å². The smallest absolute Gasteiger partial charge is 0.322 e. The number of amides is 1. The van der Waals surface area contributed by atoms with Crippen LogP contribution in [0.2, 0.25) is 0 Å². The van der Waals surface area contributed by atoms with E-state index in [1.807, 2.05) is 13.8 Å². The number of carboxylic acid groups (broad SMARTS) is 1. The lowest BCUT2D eigenvalue weighted by molar-refractivity contribution is -0.146. The molecular weight excluding hydrogens is 252 g/mol. The number of hydrogen-bond donors (Lipinski definition) is 2. The average Bonchev–Trinajstić information content (AvgIpc) is 2.77. The first-order chi connectivity index (χ1) is 8.97. The fourth-order valence-corrected chi connectivity index (χ4v) is 1.85. The fraction of sp³-hybridized carbons (Fsp3) is 0.636. The molecule has 8 heteroatoms. The van der Waals surface area contributed by atoms with Crippen LogP contribution in [0, 0.1) is 0 Å². The number of aliphatic carboxylic acids is 1. The number of carbonyl (C=O) groups is 2. The summed E-state index contributed by atoms with van der Waals surface area (Å²) in [5.74, 6) is -0.174. The van der Waals surface area contributed by atoms with Gasteiger partial charge in [0, 0.05) is 12.5 Å². The second-order valence-corrected chi connectivity index (χ2v) is 4.77. The van der Waals surface area contributed by atoms with E-state index in [9.17, 15) is 9.59 Å². The molecule has 1 aliphatic heterocycles. The highest BCUT2D eigenvalue weighted by atomic mass is 16.5. The van der Waals surface area contributed by atoms with E-state index in [1.54, 1.807) is 0 Å². The Bertz CT molecular complexity index is 485. The van der Waals surface area contributed by atoms with Crippen LogP contribution in [0.25, 0.3) is 0 Å². The highest BCUT2D eigenvalue weighted by Crippen LogP contribution is 2.13. The third kappa shape index (κ3) is 3.08. The normalized spacial score (nSPS) is 20.6. The first kappa shape index (κ1) is 13.5. The largest absolute Gasteiger partial charge is 0.480 e. The van der Waals surface area contributed by atoms with E-state index < -0.39 is 12.0 Å². The topological polar surface area (TPSA) is 109 Å². The van der Waals surface area contributed by atoms with Crippen LogP contribution < -0.4 is 5.32 Å². The van der Waals surface area contributed by atoms with Crippen LogP contribution in [0.1, 0.15) is 31.5 Å². The molecule has 2 N–H and O–H groups in total. The zero-order valence-electron chi connectivity index (χ0n) is 10.8. The molecule has 0 radical (unpaired) electrons. The Kier molecular flexibility index (Phi) is 3.79. The standard InChI is InChI=1S/C11H16N4O4/c1-6(2)10-13-8(14-19-10)4-15-5-9(16)12-3-7(15)11(17)18/h6-7H,3-5H2,1-2H3,(H,12,16)(H,17,18). The van der Waals surface area contributed by atoms with Gasteiger partial charge in [0.05, 0.1) is 13.1 Å². The van der Waals surface area contributed by atoms with Crippen molar-refractivity contribution in [2.24, 2.45) is 0 Å². The Morgan fingerprint density at radius 1 is 1.63 bits per heavy atom. The third-order valence-electron chi connectivity index (χ3n) is 2.89. The molecule has 0 bridgehead atoms. The first-order valence-corrected chi connectivity index (χ1v) is 6.03. The summed E-state index contributed by atoms with van der Waals surface area (Å²) in [4.78, 5) is 28.2. The van der Waals surface area contributed by atoms with Crippen LogP contribution in [-0.4, -0.2) is 51.2 Å². The summed E-state index contributed by atoms with van der Waals surface area (Å²) < 4.78 is 5.05. The number of rotatable bonds is 4. The minimum atomic E-state index is -0.979. The number of nitrogens with one attached hydrogen (secondary N) is 1. The maximum absolute atomic E-state index is 11.3. The van der Waals surface area contributed by atoms with Gasteiger partial charge in [0.2, 0.25) is 11.8 Å². The molecule has 1 amide bonds. The summed E-state index contributed by atoms with van der Waals surface area (Å²) in [6.07, 6.45) is 0. The lowest BCUT2D eigenvalue weighted by Gasteiger charge is -2.31. The molecule has 0 spiro atoms. The van der Waals surface area contributed by atoms with E-state index in [1.165, 1.54) is 4.90 Å². The van der Waals surface area contributed by atoms with Gasteiger partial charge in [-0.15, -0.1) is 0 Å². The van der Waals surface area contributed by atoms with Crippen LogP contribution in [0.3, 0.4) is 0 Å². The van der Waals surface area contributed by atoms with Crippen molar-refractivity contribution in [1.29, 1.82) is 0 Å². The van der Waals surface area contributed by atoms with Gasteiger partial charge >= 0.3 is 5.97 Å². The number of carbonyl (C=O) groups excluding carboxylic acids is 1. The van der Waals surface area contributed by atoms with E-state index in [0.29, 0.717) is 11.7 Å². The van der Waals surface area contributed by atoms with Gasteiger partial charge in [0.1, 0.15) is 6.04 Å². The Labute approximate surface area is 109 Å². The summed E-state index contributed by atoms with van der Waals surface area (Å²) >= 11 is 0. The van der Waals surface area contributed by atoms with Crippen LogP contribution in [0.5, 0.6) is 0 Å². The number of carboxylic acids is 1. The minimum Gasteiger partial charge on any atom is -0.480 e. The van der Waals surface area contributed by atoms with Crippen molar-refractivity contribution in [3.8, 4) is 0 Å². The molecule has 1 unspecified atom stereocenters. The molecule has 1 fully saturated rings. The van der Waals surface area contributed by atoms with Gasteiger partial charge in [-0.1, -0.05) is 19.0 Å². The van der Waals surface area contributed by atoms with Crippen molar-refractivity contribution in [1.82, 2.24) is 20.4 Å². The maximum atomic E-state index is 11.3. The summed E-state index contributed by atoms with van der Waals surface area (Å²) in [6.45, 7) is 4.13. The zero-order valence-corrected chi connectivity index (χ0v) is 10.8. The van der Waals surface area contributed by atoms with Crippen molar-refractivity contribution < 1.29 is 19.2 Å². The maximum Gasteiger partial charge on any atom is 0.322 e.